The summed E-state index contributed by atoms with van der Waals surface area (Å²) in [4.78, 5) is 18.2. The second kappa shape index (κ2) is 4.61. The predicted octanol–water partition coefficient (Wildman–Crippen LogP) is 2.91. The standard InChI is InChI=1S/C8H5NO.C7H9N/c10-8-3-1-2-7-6(8)4-5-9-7;1-2-7(8-5-1)6-3-4-6/h1-5H;1-2,5-6,8H,3-4H2. The van der Waals surface area contributed by atoms with Crippen molar-refractivity contribution in [3.05, 3.63) is 59.6 Å². The third kappa shape index (κ3) is 2.25. The molecule has 1 N–H and O–H groups in total. The predicted molar refractivity (Wildman–Crippen MR) is 71.6 cm³/mol. The molecule has 0 spiro atoms. The zero-order valence-electron chi connectivity index (χ0n) is 9.97. The number of nitrogens with zero attached hydrogens (tertiary/aromatic N) is 1. The summed E-state index contributed by atoms with van der Waals surface area (Å²) in [6.07, 6.45) is 13.2. The third-order valence-corrected chi connectivity index (χ3v) is 3.14. The van der Waals surface area contributed by atoms with Crippen molar-refractivity contribution in [3.8, 4) is 0 Å². The Kier molecular flexibility index (Phi) is 2.81. The molecular weight excluding hydrogens is 224 g/mol. The number of rotatable bonds is 1. The average molecular weight is 238 g/mol. The van der Waals surface area contributed by atoms with Crippen LogP contribution in [0.15, 0.2) is 58.9 Å². The van der Waals surface area contributed by atoms with Crippen molar-refractivity contribution in [1.29, 1.82) is 0 Å². The van der Waals surface area contributed by atoms with Gasteiger partial charge >= 0.3 is 0 Å². The van der Waals surface area contributed by atoms with E-state index < -0.39 is 0 Å². The average Bonchev–Trinajstić information content (AvgIpc) is 2.93. The van der Waals surface area contributed by atoms with Gasteiger partial charge in [0.1, 0.15) is 0 Å². The molecule has 0 atom stereocenters. The van der Waals surface area contributed by atoms with Gasteiger partial charge in [0.25, 0.3) is 0 Å². The molecule has 1 aromatic rings. The number of H-pyrrole nitrogens is 1. The Bertz CT molecular complexity index is 564. The Morgan fingerprint density at radius 3 is 2.83 bits per heavy atom. The van der Waals surface area contributed by atoms with Crippen molar-refractivity contribution in [3.63, 3.8) is 0 Å². The number of nitrogens with one attached hydrogen (secondary N) is 1. The van der Waals surface area contributed by atoms with Crippen LogP contribution >= 0.6 is 0 Å². The van der Waals surface area contributed by atoms with Crippen LogP contribution in [0, 0.1) is 0 Å². The van der Waals surface area contributed by atoms with Crippen LogP contribution in [0.4, 0.5) is 0 Å². The molecule has 1 aromatic heterocycles. The number of aliphatic imine (C=N–C) groups is 1. The summed E-state index contributed by atoms with van der Waals surface area (Å²) >= 11 is 0. The molecule has 1 aliphatic heterocycles. The molecule has 3 nitrogen and oxygen atoms in total. The minimum atomic E-state index is 0.0509. The fraction of sp³-hybridized carbons (Fsp3) is 0.200. The summed E-state index contributed by atoms with van der Waals surface area (Å²) in [5.74, 6) is 0.931. The maximum absolute atomic E-state index is 11.0. The molecule has 1 fully saturated rings. The van der Waals surface area contributed by atoms with Gasteiger partial charge in [-0.05, 0) is 49.1 Å². The maximum atomic E-state index is 11.0. The number of aromatic amines is 1. The Morgan fingerprint density at radius 1 is 1.28 bits per heavy atom. The van der Waals surface area contributed by atoms with E-state index >= 15 is 0 Å². The SMILES string of the molecule is O=C1C=CC=C2N=CC=C12.c1c[nH]c(C2CC2)c1. The molecule has 0 bridgehead atoms. The smallest absolute Gasteiger partial charge is 0.188 e. The van der Waals surface area contributed by atoms with Crippen molar-refractivity contribution in [2.24, 2.45) is 4.99 Å². The molecule has 0 amide bonds. The first-order chi connectivity index (χ1) is 8.84. The zero-order valence-corrected chi connectivity index (χ0v) is 9.97. The van der Waals surface area contributed by atoms with Gasteiger partial charge < -0.3 is 4.98 Å². The number of allylic oxidation sites excluding steroid dienone is 5. The van der Waals surface area contributed by atoms with Crippen LogP contribution in [0.25, 0.3) is 0 Å². The molecule has 1 saturated carbocycles. The van der Waals surface area contributed by atoms with Crippen LogP contribution in [-0.4, -0.2) is 17.0 Å². The van der Waals surface area contributed by atoms with Gasteiger partial charge in [-0.3, -0.25) is 9.79 Å². The first-order valence-corrected chi connectivity index (χ1v) is 6.15. The van der Waals surface area contributed by atoms with Crippen LogP contribution in [0.5, 0.6) is 0 Å². The molecule has 2 aliphatic carbocycles. The second-order valence-electron chi connectivity index (χ2n) is 4.53. The van der Waals surface area contributed by atoms with Crippen molar-refractivity contribution in [2.75, 3.05) is 0 Å². The number of hydrogen-bond acceptors (Lipinski definition) is 2. The minimum absolute atomic E-state index is 0.0509. The zero-order chi connectivity index (χ0) is 12.4. The lowest BCUT2D eigenvalue weighted by Crippen LogP contribution is -2.00. The van der Waals surface area contributed by atoms with Gasteiger partial charge in [-0.15, -0.1) is 0 Å². The molecule has 2 heterocycles. The molecule has 0 radical (unpaired) electrons. The van der Waals surface area contributed by atoms with Gasteiger partial charge in [-0.25, -0.2) is 0 Å². The molecule has 3 heteroatoms. The van der Waals surface area contributed by atoms with Crippen molar-refractivity contribution in [2.45, 2.75) is 18.8 Å². The summed E-state index contributed by atoms with van der Waals surface area (Å²) in [6, 6.07) is 4.23. The summed E-state index contributed by atoms with van der Waals surface area (Å²) < 4.78 is 0. The molecule has 0 unspecified atom stereocenters. The number of carbonyl (C=O) groups excluding carboxylic acids is 1. The molecule has 18 heavy (non-hydrogen) atoms. The van der Waals surface area contributed by atoms with Gasteiger partial charge in [0.2, 0.25) is 0 Å². The van der Waals surface area contributed by atoms with E-state index in [9.17, 15) is 4.79 Å². The highest BCUT2D eigenvalue weighted by Crippen LogP contribution is 2.38. The van der Waals surface area contributed by atoms with Crippen LogP contribution in [0.3, 0.4) is 0 Å². The van der Waals surface area contributed by atoms with Crippen molar-refractivity contribution < 1.29 is 4.79 Å². The number of fused-ring (bicyclic) bond motifs is 1. The van der Waals surface area contributed by atoms with E-state index in [4.69, 9.17) is 0 Å². The molecule has 0 saturated heterocycles. The Hall–Kier alpha value is -2.16. The lowest BCUT2D eigenvalue weighted by molar-refractivity contribution is -0.111. The summed E-state index contributed by atoms with van der Waals surface area (Å²) in [6.45, 7) is 0. The maximum Gasteiger partial charge on any atom is 0.188 e. The normalized spacial score (nSPS) is 19.9. The van der Waals surface area contributed by atoms with Crippen LogP contribution in [0.2, 0.25) is 0 Å². The van der Waals surface area contributed by atoms with E-state index in [-0.39, 0.29) is 5.78 Å². The molecule has 0 aromatic carbocycles. The highest BCUT2D eigenvalue weighted by Gasteiger charge is 2.23. The molecule has 90 valence electrons. The van der Waals surface area contributed by atoms with E-state index in [0.29, 0.717) is 5.57 Å². The number of aromatic nitrogens is 1. The van der Waals surface area contributed by atoms with Gasteiger partial charge in [-0.1, -0.05) is 6.08 Å². The quantitative estimate of drug-likeness (QED) is 0.803. The van der Waals surface area contributed by atoms with E-state index in [2.05, 4.69) is 22.1 Å². The van der Waals surface area contributed by atoms with E-state index in [1.807, 2.05) is 12.3 Å². The Balaban J connectivity index is 0.000000114. The lowest BCUT2D eigenvalue weighted by Gasteiger charge is -2.00. The van der Waals surface area contributed by atoms with Crippen LogP contribution in [-0.2, 0) is 4.79 Å². The number of ketones is 1. The van der Waals surface area contributed by atoms with Gasteiger partial charge in [0.15, 0.2) is 5.78 Å². The minimum Gasteiger partial charge on any atom is -0.365 e. The van der Waals surface area contributed by atoms with Gasteiger partial charge in [0.05, 0.1) is 5.70 Å². The van der Waals surface area contributed by atoms with E-state index in [1.165, 1.54) is 18.5 Å². The second-order valence-corrected chi connectivity index (χ2v) is 4.53. The first kappa shape index (κ1) is 11.0. The van der Waals surface area contributed by atoms with Gasteiger partial charge in [0, 0.05) is 23.7 Å². The van der Waals surface area contributed by atoms with E-state index in [1.54, 1.807) is 24.4 Å². The number of carbonyl (C=O) groups is 1. The monoisotopic (exact) mass is 238 g/mol. The van der Waals surface area contributed by atoms with Crippen LogP contribution in [0.1, 0.15) is 24.5 Å². The molecule has 4 rings (SSSR count). The first-order valence-electron chi connectivity index (χ1n) is 6.15. The Morgan fingerprint density at radius 2 is 2.17 bits per heavy atom. The highest BCUT2D eigenvalue weighted by atomic mass is 16.1. The molecular formula is C15H14N2O. The fourth-order valence-electron chi connectivity index (χ4n) is 2.00. The largest absolute Gasteiger partial charge is 0.365 e. The van der Waals surface area contributed by atoms with E-state index in [0.717, 1.165) is 11.6 Å². The van der Waals surface area contributed by atoms with Gasteiger partial charge in [-0.2, -0.15) is 0 Å². The lowest BCUT2D eigenvalue weighted by atomic mass is 10.0. The topological polar surface area (TPSA) is 45.2 Å². The highest BCUT2D eigenvalue weighted by molar-refractivity contribution is 6.12. The summed E-state index contributed by atoms with van der Waals surface area (Å²) in [5.41, 5.74) is 2.92. The third-order valence-electron chi connectivity index (χ3n) is 3.14. The van der Waals surface area contributed by atoms with Crippen LogP contribution < -0.4 is 0 Å². The number of hydrogen-bond donors (Lipinski definition) is 1. The fourth-order valence-corrected chi connectivity index (χ4v) is 2.00. The van der Waals surface area contributed by atoms with Crippen molar-refractivity contribution >= 4 is 12.0 Å². The Labute approximate surface area is 106 Å². The summed E-state index contributed by atoms with van der Waals surface area (Å²) in [7, 11) is 0. The van der Waals surface area contributed by atoms with Crippen molar-refractivity contribution in [1.82, 2.24) is 4.98 Å². The molecule has 3 aliphatic rings. The summed E-state index contributed by atoms with van der Waals surface area (Å²) in [5, 5.41) is 0.